The van der Waals surface area contributed by atoms with Gasteiger partial charge >= 0.3 is 0 Å². The number of hydrogen-bond acceptors (Lipinski definition) is 3. The number of methoxy groups -OCH3 is 1. The van der Waals surface area contributed by atoms with Crippen molar-refractivity contribution in [2.24, 2.45) is 0 Å². The number of halogens is 1. The highest BCUT2D eigenvalue weighted by Gasteiger charge is 2.34. The molecule has 0 saturated heterocycles. The number of hydrogen-bond donors (Lipinski definition) is 0. The molecule has 25 heavy (non-hydrogen) atoms. The van der Waals surface area contributed by atoms with E-state index >= 15 is 0 Å². The van der Waals surface area contributed by atoms with Crippen LogP contribution in [0.1, 0.15) is 17.3 Å². The molecule has 126 valence electrons. The summed E-state index contributed by atoms with van der Waals surface area (Å²) in [5.41, 5.74) is 2.77. The largest absolute Gasteiger partial charge is 0.497 e. The van der Waals surface area contributed by atoms with Gasteiger partial charge in [-0.05, 0) is 42.0 Å². The maximum absolute atomic E-state index is 13.3. The van der Waals surface area contributed by atoms with Crippen LogP contribution in [0.15, 0.2) is 65.5 Å². The van der Waals surface area contributed by atoms with E-state index in [1.165, 1.54) is 0 Å². The highest BCUT2D eigenvalue weighted by atomic mass is 79.9. The van der Waals surface area contributed by atoms with Crippen molar-refractivity contribution < 1.29 is 9.53 Å². The average molecular weight is 398 g/mol. The number of rotatable bonds is 3. The van der Waals surface area contributed by atoms with E-state index in [4.69, 9.17) is 4.74 Å². The van der Waals surface area contributed by atoms with Crippen LogP contribution in [0.25, 0.3) is 0 Å². The monoisotopic (exact) mass is 397 g/mol. The second-order valence-corrected chi connectivity index (χ2v) is 6.79. The number of ether oxygens (including phenoxy) is 1. The molecule has 0 aliphatic carbocycles. The fraction of sp³-hybridized carbons (Fsp3) is 0.158. The minimum Gasteiger partial charge on any atom is -0.497 e. The standard InChI is InChI=1S/C19H16BrN3O2/c1-25-17-7-5-15(6-8-17)22-11-16-10-21-12-23(16)18(19(22)24)13-3-2-4-14(20)9-13/h2-10,12,18H,11H2,1H3. The molecule has 3 aromatic rings. The number of nitrogens with zero attached hydrogens (tertiary/aromatic N) is 3. The molecule has 1 amide bonds. The molecule has 1 aromatic heterocycles. The van der Waals surface area contributed by atoms with Gasteiger partial charge in [0.15, 0.2) is 0 Å². The lowest BCUT2D eigenvalue weighted by atomic mass is 10.0. The first-order valence-corrected chi connectivity index (χ1v) is 8.68. The third-order valence-electron chi connectivity index (χ3n) is 4.39. The molecule has 0 N–H and O–H groups in total. The molecule has 1 aliphatic heterocycles. The van der Waals surface area contributed by atoms with Crippen LogP contribution < -0.4 is 9.64 Å². The summed E-state index contributed by atoms with van der Waals surface area (Å²) in [5, 5.41) is 0. The summed E-state index contributed by atoms with van der Waals surface area (Å²) in [6.45, 7) is 0.496. The average Bonchev–Trinajstić information content (AvgIpc) is 3.09. The molecular weight excluding hydrogens is 382 g/mol. The first-order chi connectivity index (χ1) is 12.2. The highest BCUT2D eigenvalue weighted by molar-refractivity contribution is 9.10. The van der Waals surface area contributed by atoms with Crippen LogP contribution >= 0.6 is 15.9 Å². The maximum atomic E-state index is 13.3. The van der Waals surface area contributed by atoms with E-state index in [2.05, 4.69) is 20.9 Å². The first kappa shape index (κ1) is 15.9. The fourth-order valence-electron chi connectivity index (χ4n) is 3.15. The van der Waals surface area contributed by atoms with E-state index in [1.54, 1.807) is 18.3 Å². The van der Waals surface area contributed by atoms with Crippen LogP contribution in [0.5, 0.6) is 5.75 Å². The fourth-order valence-corrected chi connectivity index (χ4v) is 3.57. The summed E-state index contributed by atoms with van der Waals surface area (Å²) >= 11 is 3.49. The first-order valence-electron chi connectivity index (χ1n) is 7.89. The van der Waals surface area contributed by atoms with Crippen LogP contribution in [0, 0.1) is 0 Å². The Balaban J connectivity index is 1.78. The van der Waals surface area contributed by atoms with E-state index in [0.29, 0.717) is 6.54 Å². The molecule has 0 saturated carbocycles. The van der Waals surface area contributed by atoms with E-state index in [-0.39, 0.29) is 5.91 Å². The Hall–Kier alpha value is -2.60. The minimum atomic E-state index is -0.425. The lowest BCUT2D eigenvalue weighted by Gasteiger charge is -2.34. The van der Waals surface area contributed by atoms with Gasteiger partial charge < -0.3 is 14.2 Å². The number of carbonyl (C=O) groups excluding carboxylic acids is 1. The summed E-state index contributed by atoms with van der Waals surface area (Å²) in [6, 6.07) is 14.9. The van der Waals surface area contributed by atoms with Crippen molar-refractivity contribution in [2.45, 2.75) is 12.6 Å². The Morgan fingerprint density at radius 2 is 2.00 bits per heavy atom. The van der Waals surface area contributed by atoms with E-state index in [0.717, 1.165) is 27.2 Å². The number of amides is 1. The second kappa shape index (κ2) is 6.37. The van der Waals surface area contributed by atoms with Crippen molar-refractivity contribution in [3.8, 4) is 5.75 Å². The molecule has 0 bridgehead atoms. The van der Waals surface area contributed by atoms with Gasteiger partial charge in [-0.25, -0.2) is 4.98 Å². The third kappa shape index (κ3) is 2.82. The molecule has 6 heteroatoms. The summed E-state index contributed by atoms with van der Waals surface area (Å²) in [4.78, 5) is 19.3. The zero-order valence-corrected chi connectivity index (χ0v) is 15.2. The molecule has 2 heterocycles. The van der Waals surface area contributed by atoms with Crippen molar-refractivity contribution in [3.63, 3.8) is 0 Å². The normalized spacial score (nSPS) is 16.6. The molecule has 4 rings (SSSR count). The molecule has 1 aliphatic rings. The number of benzene rings is 2. The number of imidazole rings is 1. The van der Waals surface area contributed by atoms with Crippen molar-refractivity contribution >= 4 is 27.5 Å². The molecule has 2 aromatic carbocycles. The van der Waals surface area contributed by atoms with Gasteiger partial charge in [-0.2, -0.15) is 0 Å². The third-order valence-corrected chi connectivity index (χ3v) is 4.89. The quantitative estimate of drug-likeness (QED) is 0.675. The summed E-state index contributed by atoms with van der Waals surface area (Å²) in [5.74, 6) is 0.788. The molecule has 5 nitrogen and oxygen atoms in total. The predicted molar refractivity (Wildman–Crippen MR) is 98.7 cm³/mol. The summed E-state index contributed by atoms with van der Waals surface area (Å²) in [6.07, 6.45) is 3.54. The van der Waals surface area contributed by atoms with Crippen molar-refractivity contribution in [1.82, 2.24) is 9.55 Å². The zero-order chi connectivity index (χ0) is 17.4. The number of fused-ring (bicyclic) bond motifs is 1. The van der Waals surface area contributed by atoms with Crippen LogP contribution in [-0.4, -0.2) is 22.6 Å². The van der Waals surface area contributed by atoms with Gasteiger partial charge in [0.2, 0.25) is 0 Å². The van der Waals surface area contributed by atoms with Crippen LogP contribution in [0.3, 0.4) is 0 Å². The Kier molecular flexibility index (Phi) is 4.05. The minimum absolute atomic E-state index is 0.0220. The van der Waals surface area contributed by atoms with Crippen molar-refractivity contribution in [3.05, 3.63) is 76.8 Å². The number of anilines is 1. The van der Waals surface area contributed by atoms with E-state index in [9.17, 15) is 4.79 Å². The lowest BCUT2D eigenvalue weighted by molar-refractivity contribution is -0.121. The molecular formula is C19H16BrN3O2. The topological polar surface area (TPSA) is 47.4 Å². The highest BCUT2D eigenvalue weighted by Crippen LogP contribution is 2.33. The van der Waals surface area contributed by atoms with Gasteiger partial charge in [0.05, 0.1) is 25.7 Å². The summed E-state index contributed by atoms with van der Waals surface area (Å²) in [7, 11) is 1.63. The van der Waals surface area contributed by atoms with E-state index < -0.39 is 6.04 Å². The lowest BCUT2D eigenvalue weighted by Crippen LogP contribution is -2.42. The van der Waals surface area contributed by atoms with Gasteiger partial charge in [-0.15, -0.1) is 0 Å². The number of carbonyl (C=O) groups is 1. The van der Waals surface area contributed by atoms with Crippen LogP contribution in [0.4, 0.5) is 5.69 Å². The second-order valence-electron chi connectivity index (χ2n) is 5.87. The zero-order valence-electron chi connectivity index (χ0n) is 13.6. The van der Waals surface area contributed by atoms with Gasteiger partial charge in [0.1, 0.15) is 11.8 Å². The van der Waals surface area contributed by atoms with Crippen LogP contribution in [0.2, 0.25) is 0 Å². The molecule has 1 atom stereocenters. The Morgan fingerprint density at radius 3 is 2.72 bits per heavy atom. The molecule has 0 radical (unpaired) electrons. The van der Waals surface area contributed by atoms with Gasteiger partial charge in [0, 0.05) is 16.4 Å². The van der Waals surface area contributed by atoms with Crippen LogP contribution in [-0.2, 0) is 11.3 Å². The Labute approximate surface area is 154 Å². The smallest absolute Gasteiger partial charge is 0.255 e. The predicted octanol–water partition coefficient (Wildman–Crippen LogP) is 3.79. The number of aromatic nitrogens is 2. The summed E-state index contributed by atoms with van der Waals surface area (Å²) < 4.78 is 8.10. The molecule has 1 unspecified atom stereocenters. The Bertz CT molecular complexity index is 920. The SMILES string of the molecule is COc1ccc(N2Cc3cncn3C(c3cccc(Br)c3)C2=O)cc1. The van der Waals surface area contributed by atoms with Gasteiger partial charge in [-0.3, -0.25) is 4.79 Å². The van der Waals surface area contributed by atoms with Crippen molar-refractivity contribution in [2.75, 3.05) is 12.0 Å². The van der Waals surface area contributed by atoms with E-state index in [1.807, 2.05) is 59.3 Å². The molecule has 0 fully saturated rings. The van der Waals surface area contributed by atoms with Crippen molar-refractivity contribution in [1.29, 1.82) is 0 Å². The molecule has 0 spiro atoms. The Morgan fingerprint density at radius 1 is 1.20 bits per heavy atom. The van der Waals surface area contributed by atoms with Gasteiger partial charge in [0.25, 0.3) is 5.91 Å². The van der Waals surface area contributed by atoms with Gasteiger partial charge in [-0.1, -0.05) is 28.1 Å². The maximum Gasteiger partial charge on any atom is 0.255 e.